The lowest BCUT2D eigenvalue weighted by Crippen LogP contribution is -2.29. The number of hydrogen-bond donors (Lipinski definition) is 0. The second-order valence-electron chi connectivity index (χ2n) is 6.35. The van der Waals surface area contributed by atoms with Crippen molar-refractivity contribution in [3.63, 3.8) is 0 Å². The molecule has 0 atom stereocenters. The Bertz CT molecular complexity index is 446. The summed E-state index contributed by atoms with van der Waals surface area (Å²) in [4.78, 5) is 36.1. The van der Waals surface area contributed by atoms with Crippen molar-refractivity contribution in [3.8, 4) is 0 Å². The molecule has 0 aliphatic carbocycles. The van der Waals surface area contributed by atoms with Gasteiger partial charge in [-0.3, -0.25) is 9.59 Å². The molecule has 0 fully saturated rings. The van der Waals surface area contributed by atoms with Crippen molar-refractivity contribution < 1.29 is 28.6 Å². The van der Waals surface area contributed by atoms with Crippen molar-refractivity contribution in [2.45, 2.75) is 53.3 Å². The molecule has 0 aromatic rings. The van der Waals surface area contributed by atoms with Gasteiger partial charge in [-0.05, 0) is 33.6 Å². The molecule has 138 valence electrons. The summed E-state index contributed by atoms with van der Waals surface area (Å²) < 4.78 is 15.0. The molecule has 7 heteroatoms. The average Bonchev–Trinajstić information content (AvgIpc) is 2.45. The van der Waals surface area contributed by atoms with Crippen LogP contribution in [-0.2, 0) is 28.6 Å². The van der Waals surface area contributed by atoms with Crippen LogP contribution >= 0.6 is 0 Å². The van der Waals surface area contributed by atoms with Crippen LogP contribution in [0.2, 0.25) is 19.6 Å². The molecule has 0 radical (unpaired) electrons. The van der Waals surface area contributed by atoms with Gasteiger partial charge in [0.1, 0.15) is 0 Å². The highest BCUT2D eigenvalue weighted by Crippen LogP contribution is 2.19. The SMILES string of the molecule is CCOC(=O)/C(=C/[Si](C)(C)C)CCC(C(=O)OCC)C(=O)OCC. The number of carbonyl (C=O) groups is 3. The van der Waals surface area contributed by atoms with Crippen molar-refractivity contribution in [3.05, 3.63) is 11.3 Å². The van der Waals surface area contributed by atoms with E-state index in [0.717, 1.165) is 0 Å². The van der Waals surface area contributed by atoms with Gasteiger partial charge < -0.3 is 14.2 Å². The zero-order chi connectivity index (χ0) is 18.8. The van der Waals surface area contributed by atoms with Crippen LogP contribution in [0, 0.1) is 5.92 Å². The first-order valence-corrected chi connectivity index (χ1v) is 12.0. The topological polar surface area (TPSA) is 78.9 Å². The fourth-order valence-electron chi connectivity index (χ4n) is 2.10. The number of rotatable bonds is 10. The van der Waals surface area contributed by atoms with E-state index in [1.807, 2.05) is 5.70 Å². The predicted octanol–water partition coefficient (Wildman–Crippen LogP) is 2.88. The largest absolute Gasteiger partial charge is 0.465 e. The molecule has 0 heterocycles. The summed E-state index contributed by atoms with van der Waals surface area (Å²) >= 11 is 0. The molecule has 0 unspecified atom stereocenters. The summed E-state index contributed by atoms with van der Waals surface area (Å²) in [5, 5.41) is 0. The zero-order valence-electron chi connectivity index (χ0n) is 15.6. The smallest absolute Gasteiger partial charge is 0.333 e. The van der Waals surface area contributed by atoms with Gasteiger partial charge in [-0.2, -0.15) is 0 Å². The van der Waals surface area contributed by atoms with Crippen LogP contribution < -0.4 is 0 Å². The van der Waals surface area contributed by atoms with E-state index in [0.29, 0.717) is 5.57 Å². The maximum atomic E-state index is 12.1. The summed E-state index contributed by atoms with van der Waals surface area (Å²) in [5.41, 5.74) is 2.45. The summed E-state index contributed by atoms with van der Waals surface area (Å²) in [7, 11) is -1.66. The Kier molecular flexibility index (Phi) is 10.3. The van der Waals surface area contributed by atoms with Gasteiger partial charge in [0, 0.05) is 5.57 Å². The molecule has 0 aliphatic rings. The van der Waals surface area contributed by atoms with Crippen LogP contribution in [0.15, 0.2) is 11.3 Å². The Morgan fingerprint density at radius 1 is 0.875 bits per heavy atom. The molecule has 0 amide bonds. The van der Waals surface area contributed by atoms with E-state index in [2.05, 4.69) is 19.6 Å². The first kappa shape index (κ1) is 22.4. The second-order valence-corrected chi connectivity index (χ2v) is 11.4. The van der Waals surface area contributed by atoms with Crippen LogP contribution in [0.1, 0.15) is 33.6 Å². The minimum Gasteiger partial charge on any atom is -0.465 e. The first-order chi connectivity index (χ1) is 11.2. The molecule has 0 rings (SSSR count). The summed E-state index contributed by atoms with van der Waals surface area (Å²) in [6, 6.07) is 0. The van der Waals surface area contributed by atoms with Crippen molar-refractivity contribution in [1.29, 1.82) is 0 Å². The molecule has 0 aromatic heterocycles. The van der Waals surface area contributed by atoms with Gasteiger partial charge >= 0.3 is 17.9 Å². The predicted molar refractivity (Wildman–Crippen MR) is 94.1 cm³/mol. The summed E-state index contributed by atoms with van der Waals surface area (Å²) in [6.45, 7) is 12.0. The van der Waals surface area contributed by atoms with Gasteiger partial charge in [-0.1, -0.05) is 25.3 Å². The van der Waals surface area contributed by atoms with Crippen molar-refractivity contribution >= 4 is 26.0 Å². The Labute approximate surface area is 145 Å². The normalized spacial score (nSPS) is 12.0. The van der Waals surface area contributed by atoms with Crippen LogP contribution in [-0.4, -0.2) is 45.8 Å². The van der Waals surface area contributed by atoms with E-state index in [1.165, 1.54) is 0 Å². The Morgan fingerprint density at radius 3 is 1.71 bits per heavy atom. The summed E-state index contributed by atoms with van der Waals surface area (Å²) in [5.74, 6) is -2.66. The Balaban J connectivity index is 5.22. The van der Waals surface area contributed by atoms with Crippen LogP contribution in [0.4, 0.5) is 0 Å². The minimum atomic E-state index is -1.66. The Hall–Kier alpha value is -1.63. The second kappa shape index (κ2) is 11.0. The summed E-state index contributed by atoms with van der Waals surface area (Å²) in [6.07, 6.45) is 0.429. The first-order valence-electron chi connectivity index (χ1n) is 8.38. The van der Waals surface area contributed by atoms with E-state index < -0.39 is 31.9 Å². The number of carbonyl (C=O) groups excluding carboxylic acids is 3. The van der Waals surface area contributed by atoms with Crippen molar-refractivity contribution in [2.24, 2.45) is 5.92 Å². The lowest BCUT2D eigenvalue weighted by molar-refractivity contribution is -0.162. The monoisotopic (exact) mass is 358 g/mol. The van der Waals surface area contributed by atoms with E-state index in [9.17, 15) is 14.4 Å². The highest BCUT2D eigenvalue weighted by atomic mass is 28.3. The molecule has 0 aromatic carbocycles. The van der Waals surface area contributed by atoms with Crippen LogP contribution in [0.3, 0.4) is 0 Å². The number of ether oxygens (including phenoxy) is 3. The molecule has 0 saturated heterocycles. The highest BCUT2D eigenvalue weighted by molar-refractivity contribution is 6.81. The van der Waals surface area contributed by atoms with Crippen LogP contribution in [0.25, 0.3) is 0 Å². The zero-order valence-corrected chi connectivity index (χ0v) is 16.6. The lowest BCUT2D eigenvalue weighted by atomic mass is 10.00. The quantitative estimate of drug-likeness (QED) is 0.196. The van der Waals surface area contributed by atoms with Gasteiger partial charge in [-0.15, -0.1) is 0 Å². The minimum absolute atomic E-state index is 0.160. The third-order valence-electron chi connectivity index (χ3n) is 2.99. The van der Waals surface area contributed by atoms with Gasteiger partial charge in [-0.25, -0.2) is 4.79 Å². The molecule has 0 spiro atoms. The van der Waals surface area contributed by atoms with Gasteiger partial charge in [0.15, 0.2) is 5.92 Å². The molecule has 0 aliphatic heterocycles. The number of esters is 3. The van der Waals surface area contributed by atoms with Crippen molar-refractivity contribution in [2.75, 3.05) is 19.8 Å². The highest BCUT2D eigenvalue weighted by Gasteiger charge is 2.30. The third kappa shape index (κ3) is 8.86. The Morgan fingerprint density at radius 2 is 1.33 bits per heavy atom. The molecule has 0 N–H and O–H groups in total. The maximum Gasteiger partial charge on any atom is 0.333 e. The average molecular weight is 359 g/mol. The standard InChI is InChI=1S/C17H30O6Si/c1-7-21-15(18)13(12-24(4,5)6)10-11-14(16(19)22-8-2)17(20)23-9-3/h12,14H,7-11H2,1-6H3/b13-12+. The molecule has 6 nitrogen and oxygen atoms in total. The van der Waals surface area contributed by atoms with Gasteiger partial charge in [0.05, 0.1) is 27.9 Å². The lowest BCUT2D eigenvalue weighted by Gasteiger charge is -2.17. The molecule has 0 saturated carbocycles. The molecular formula is C17H30O6Si. The molecular weight excluding hydrogens is 328 g/mol. The molecule has 0 bridgehead atoms. The number of hydrogen-bond acceptors (Lipinski definition) is 6. The van der Waals surface area contributed by atoms with E-state index in [1.54, 1.807) is 20.8 Å². The fraction of sp³-hybridized carbons (Fsp3) is 0.706. The third-order valence-corrected chi connectivity index (χ3v) is 4.20. The maximum absolute atomic E-state index is 12.1. The van der Waals surface area contributed by atoms with Gasteiger partial charge in [0.2, 0.25) is 0 Å². The fourth-order valence-corrected chi connectivity index (χ4v) is 3.40. The van der Waals surface area contributed by atoms with E-state index in [4.69, 9.17) is 14.2 Å². The van der Waals surface area contributed by atoms with E-state index in [-0.39, 0.29) is 32.7 Å². The van der Waals surface area contributed by atoms with Gasteiger partial charge in [0.25, 0.3) is 0 Å². The van der Waals surface area contributed by atoms with Crippen LogP contribution in [0.5, 0.6) is 0 Å². The molecule has 24 heavy (non-hydrogen) atoms. The van der Waals surface area contributed by atoms with E-state index >= 15 is 0 Å². The van der Waals surface area contributed by atoms with Crippen molar-refractivity contribution in [1.82, 2.24) is 0 Å².